The number of benzene rings is 2. The van der Waals surface area contributed by atoms with Crippen LogP contribution in [-0.2, 0) is 4.79 Å². The van der Waals surface area contributed by atoms with E-state index in [-0.39, 0.29) is 12.6 Å². The van der Waals surface area contributed by atoms with Crippen molar-refractivity contribution in [1.29, 1.82) is 0 Å². The molecule has 0 aliphatic carbocycles. The summed E-state index contributed by atoms with van der Waals surface area (Å²) in [5.41, 5.74) is 8.23. The number of anilines is 1. The number of carbonyl (C=O) groups excluding carboxylic acids is 1. The molecule has 0 aliphatic rings. The molecule has 0 saturated heterocycles. The van der Waals surface area contributed by atoms with Crippen molar-refractivity contribution in [3.05, 3.63) is 63.1 Å². The molecule has 1 atom stereocenters. The molecular formula is C15H14BrClN2O2. The minimum atomic E-state index is -1.14. The molecular weight excluding hydrogens is 356 g/mol. The highest BCUT2D eigenvalue weighted by Gasteiger charge is 2.22. The summed E-state index contributed by atoms with van der Waals surface area (Å²) in [5.74, 6) is -1.14. The molecule has 2 rings (SSSR count). The maximum absolute atomic E-state index is 10.8. The van der Waals surface area contributed by atoms with E-state index in [1.165, 1.54) is 0 Å². The smallest absolute Gasteiger partial charge is 0.141 e. The van der Waals surface area contributed by atoms with Crippen molar-refractivity contribution in [3.63, 3.8) is 0 Å². The van der Waals surface area contributed by atoms with Crippen molar-refractivity contribution in [2.24, 2.45) is 0 Å². The van der Waals surface area contributed by atoms with Gasteiger partial charge in [0, 0.05) is 21.3 Å². The summed E-state index contributed by atoms with van der Waals surface area (Å²) in [5, 5.41) is 13.0. The van der Waals surface area contributed by atoms with E-state index < -0.39 is 5.97 Å². The molecule has 0 amide bonds. The first-order valence-corrected chi connectivity index (χ1v) is 7.48. The zero-order chi connectivity index (χ0) is 15.4. The number of hydrogen-bond acceptors (Lipinski definition) is 3. The standard InChI is InChI=1S/C15H14BrClN2O2/c16-9-5-6-13(18)11(7-9)15(19-8-14(20)21)10-3-1-2-4-12(10)17/h1-7,15,19H,8,18H2,(H,20,21). The van der Waals surface area contributed by atoms with E-state index in [9.17, 15) is 9.90 Å². The van der Waals surface area contributed by atoms with Gasteiger partial charge in [-0.3, -0.25) is 0 Å². The van der Waals surface area contributed by atoms with Crippen molar-refractivity contribution < 1.29 is 15.2 Å². The van der Waals surface area contributed by atoms with Crippen LogP contribution < -0.4 is 16.2 Å². The lowest BCUT2D eigenvalue weighted by Crippen LogP contribution is -2.88. The molecule has 0 aliphatic heterocycles. The Morgan fingerprint density at radius 3 is 2.67 bits per heavy atom. The van der Waals surface area contributed by atoms with Crippen LogP contribution in [-0.4, -0.2) is 12.5 Å². The second kappa shape index (κ2) is 6.93. The second-order valence-electron chi connectivity index (χ2n) is 4.58. The average molecular weight is 370 g/mol. The summed E-state index contributed by atoms with van der Waals surface area (Å²) < 4.78 is 0.866. The van der Waals surface area contributed by atoms with Gasteiger partial charge in [-0.15, -0.1) is 0 Å². The molecule has 0 saturated carbocycles. The van der Waals surface area contributed by atoms with Gasteiger partial charge in [-0.2, -0.15) is 0 Å². The predicted octanol–water partition coefficient (Wildman–Crippen LogP) is 1.09. The first-order chi connectivity index (χ1) is 9.99. The van der Waals surface area contributed by atoms with Gasteiger partial charge in [0.15, 0.2) is 0 Å². The van der Waals surface area contributed by atoms with Crippen LogP contribution in [0.4, 0.5) is 5.69 Å². The molecule has 0 radical (unpaired) electrons. The Bertz CT molecular complexity index is 664. The van der Waals surface area contributed by atoms with E-state index in [0.717, 1.165) is 15.6 Å². The Morgan fingerprint density at radius 1 is 1.29 bits per heavy atom. The van der Waals surface area contributed by atoms with E-state index >= 15 is 0 Å². The lowest BCUT2D eigenvalue weighted by atomic mass is 9.97. The Morgan fingerprint density at radius 2 is 2.00 bits per heavy atom. The summed E-state index contributed by atoms with van der Waals surface area (Å²) in [6, 6.07) is 12.5. The van der Waals surface area contributed by atoms with E-state index in [4.69, 9.17) is 17.3 Å². The van der Waals surface area contributed by atoms with Crippen molar-refractivity contribution in [1.82, 2.24) is 0 Å². The number of halogens is 2. The molecule has 1 unspecified atom stereocenters. The SMILES string of the molecule is Nc1ccc(Br)cc1C([NH2+]CC(=O)[O-])c1ccccc1Cl. The number of carbonyl (C=O) groups is 1. The van der Waals surface area contributed by atoms with Crippen molar-refractivity contribution >= 4 is 39.2 Å². The van der Waals surface area contributed by atoms with Gasteiger partial charge in [-0.05, 0) is 24.3 Å². The fourth-order valence-corrected chi connectivity index (χ4v) is 2.81. The summed E-state index contributed by atoms with van der Waals surface area (Å²) in [6.45, 7) is -0.179. The van der Waals surface area contributed by atoms with E-state index in [1.54, 1.807) is 17.4 Å². The van der Waals surface area contributed by atoms with Gasteiger partial charge in [0.25, 0.3) is 0 Å². The third-order valence-electron chi connectivity index (χ3n) is 3.14. The lowest BCUT2D eigenvalue weighted by molar-refractivity contribution is -0.682. The van der Waals surface area contributed by atoms with Crippen molar-refractivity contribution in [3.8, 4) is 0 Å². The molecule has 6 heteroatoms. The van der Waals surface area contributed by atoms with Crippen molar-refractivity contribution in [2.75, 3.05) is 12.3 Å². The topological polar surface area (TPSA) is 82.8 Å². The fourth-order valence-electron chi connectivity index (χ4n) is 2.18. The first kappa shape index (κ1) is 15.8. The molecule has 110 valence electrons. The first-order valence-electron chi connectivity index (χ1n) is 6.31. The van der Waals surface area contributed by atoms with E-state index in [1.807, 2.05) is 30.3 Å². The Kier molecular flexibility index (Phi) is 5.22. The van der Waals surface area contributed by atoms with Gasteiger partial charge in [0.05, 0.1) is 11.0 Å². The minimum absolute atomic E-state index is 0.179. The van der Waals surface area contributed by atoms with Crippen LogP contribution in [0.5, 0.6) is 0 Å². The highest BCUT2D eigenvalue weighted by molar-refractivity contribution is 9.10. The number of aliphatic carboxylic acids is 1. The predicted molar refractivity (Wildman–Crippen MR) is 83.6 cm³/mol. The highest BCUT2D eigenvalue weighted by Crippen LogP contribution is 2.30. The number of carboxylic acid groups (broad SMARTS) is 1. The third-order valence-corrected chi connectivity index (χ3v) is 3.98. The van der Waals surface area contributed by atoms with Gasteiger partial charge in [0.2, 0.25) is 0 Å². The monoisotopic (exact) mass is 368 g/mol. The molecule has 0 aromatic heterocycles. The zero-order valence-electron chi connectivity index (χ0n) is 11.1. The van der Waals surface area contributed by atoms with Crippen LogP contribution in [0, 0.1) is 0 Å². The number of rotatable bonds is 5. The van der Waals surface area contributed by atoms with Crippen molar-refractivity contribution in [2.45, 2.75) is 6.04 Å². The van der Waals surface area contributed by atoms with E-state index in [0.29, 0.717) is 10.7 Å². The number of quaternary nitrogens is 1. The molecule has 4 N–H and O–H groups in total. The van der Waals surface area contributed by atoms with Gasteiger partial charge in [-0.25, -0.2) is 0 Å². The molecule has 2 aromatic carbocycles. The van der Waals surface area contributed by atoms with Gasteiger partial charge in [0.1, 0.15) is 12.6 Å². The third kappa shape index (κ3) is 3.97. The fraction of sp³-hybridized carbons (Fsp3) is 0.133. The van der Waals surface area contributed by atoms with Gasteiger partial charge in [-0.1, -0.05) is 45.7 Å². The zero-order valence-corrected chi connectivity index (χ0v) is 13.4. The van der Waals surface area contributed by atoms with Crippen LogP contribution in [0.15, 0.2) is 46.9 Å². The maximum Gasteiger partial charge on any atom is 0.141 e. The number of nitrogens with two attached hydrogens (primary N) is 2. The Hall–Kier alpha value is -1.56. The molecule has 0 spiro atoms. The van der Waals surface area contributed by atoms with Crippen LogP contribution in [0.25, 0.3) is 0 Å². The largest absolute Gasteiger partial charge is 0.544 e. The molecule has 2 aromatic rings. The van der Waals surface area contributed by atoms with Crippen LogP contribution >= 0.6 is 27.5 Å². The Balaban J connectivity index is 2.48. The molecule has 21 heavy (non-hydrogen) atoms. The van der Waals surface area contributed by atoms with Crippen LogP contribution in [0.3, 0.4) is 0 Å². The number of nitrogen functional groups attached to an aromatic ring is 1. The Labute approximate surface area is 136 Å². The molecule has 0 fully saturated rings. The maximum atomic E-state index is 10.8. The summed E-state index contributed by atoms with van der Waals surface area (Å²) >= 11 is 9.65. The van der Waals surface area contributed by atoms with E-state index in [2.05, 4.69) is 15.9 Å². The van der Waals surface area contributed by atoms with Gasteiger partial charge < -0.3 is 21.0 Å². The summed E-state index contributed by atoms with van der Waals surface area (Å²) in [6.07, 6.45) is 0. The quantitative estimate of drug-likeness (QED) is 0.774. The van der Waals surface area contributed by atoms with Gasteiger partial charge >= 0.3 is 0 Å². The normalized spacial score (nSPS) is 12.1. The molecule has 4 nitrogen and oxygen atoms in total. The molecule has 0 bridgehead atoms. The summed E-state index contributed by atoms with van der Waals surface area (Å²) in [7, 11) is 0. The van der Waals surface area contributed by atoms with Crippen LogP contribution in [0.1, 0.15) is 17.2 Å². The highest BCUT2D eigenvalue weighted by atomic mass is 79.9. The van der Waals surface area contributed by atoms with Crippen LogP contribution in [0.2, 0.25) is 5.02 Å². The molecule has 0 heterocycles. The summed E-state index contributed by atoms with van der Waals surface area (Å²) in [4.78, 5) is 10.8. The lowest BCUT2D eigenvalue weighted by Gasteiger charge is -2.20. The number of carboxylic acids is 1. The second-order valence-corrected chi connectivity index (χ2v) is 5.91. The average Bonchev–Trinajstić information content (AvgIpc) is 2.44. The minimum Gasteiger partial charge on any atom is -0.544 e. The number of hydrogen-bond donors (Lipinski definition) is 2.